The van der Waals surface area contributed by atoms with Crippen molar-refractivity contribution in [3.8, 4) is 0 Å². The minimum atomic E-state index is -0.571. The summed E-state index contributed by atoms with van der Waals surface area (Å²) in [6.45, 7) is 8.02. The van der Waals surface area contributed by atoms with Gasteiger partial charge in [0.25, 0.3) is 11.8 Å². The first kappa shape index (κ1) is 17.4. The van der Waals surface area contributed by atoms with Crippen LogP contribution >= 0.6 is 0 Å². The number of imide groups is 1. The molecule has 124 valence electrons. The van der Waals surface area contributed by atoms with Gasteiger partial charge in [0.05, 0.1) is 6.61 Å². The number of hydrogen-bond acceptors (Lipinski definition) is 4. The van der Waals surface area contributed by atoms with E-state index in [-0.39, 0.29) is 17.7 Å². The second kappa shape index (κ2) is 7.06. The van der Waals surface area contributed by atoms with Crippen LogP contribution in [0.5, 0.6) is 0 Å². The Morgan fingerprint density at radius 3 is 2.39 bits per heavy atom. The molecule has 0 bridgehead atoms. The van der Waals surface area contributed by atoms with Crippen molar-refractivity contribution in [3.05, 3.63) is 47.5 Å². The molecule has 0 aromatic heterocycles. The van der Waals surface area contributed by atoms with Crippen LogP contribution in [0.15, 0.2) is 42.0 Å². The zero-order valence-electron chi connectivity index (χ0n) is 14.0. The van der Waals surface area contributed by atoms with Crippen LogP contribution in [0.1, 0.15) is 33.3 Å². The van der Waals surface area contributed by atoms with Gasteiger partial charge in [-0.05, 0) is 26.3 Å². The smallest absolute Gasteiger partial charge is 0.256 e. The van der Waals surface area contributed by atoms with Gasteiger partial charge in [-0.25, -0.2) is 9.78 Å². The third-order valence-corrected chi connectivity index (χ3v) is 3.77. The Hall–Kier alpha value is -1.98. The van der Waals surface area contributed by atoms with E-state index in [4.69, 9.17) is 9.78 Å². The molecular formula is C18H23NO4. The summed E-state index contributed by atoms with van der Waals surface area (Å²) in [4.78, 5) is 35.7. The number of nitrogens with zero attached hydrogens (tertiary/aromatic N) is 1. The molecule has 0 N–H and O–H groups in total. The van der Waals surface area contributed by atoms with Crippen LogP contribution in [0.2, 0.25) is 0 Å². The molecule has 23 heavy (non-hydrogen) atoms. The minimum Gasteiger partial charge on any atom is -0.275 e. The van der Waals surface area contributed by atoms with E-state index in [9.17, 15) is 9.59 Å². The second-order valence-electron chi connectivity index (χ2n) is 6.43. The van der Waals surface area contributed by atoms with Crippen LogP contribution in [-0.2, 0) is 25.0 Å². The SMILES string of the molecule is CC1=CC(=O)N(CC(C)COOC(C)(C)c2ccccc2)C1=O. The van der Waals surface area contributed by atoms with Gasteiger partial charge in [0, 0.05) is 24.1 Å². The average Bonchev–Trinajstić information content (AvgIpc) is 2.74. The van der Waals surface area contributed by atoms with Crippen molar-refractivity contribution in [2.45, 2.75) is 33.3 Å². The van der Waals surface area contributed by atoms with Crippen LogP contribution in [-0.4, -0.2) is 29.9 Å². The first-order valence-electron chi connectivity index (χ1n) is 7.71. The number of hydrogen-bond donors (Lipinski definition) is 0. The molecule has 1 unspecified atom stereocenters. The fraction of sp³-hybridized carbons (Fsp3) is 0.444. The molecule has 5 heteroatoms. The van der Waals surface area contributed by atoms with Crippen molar-refractivity contribution in [2.75, 3.05) is 13.2 Å². The molecule has 1 atom stereocenters. The van der Waals surface area contributed by atoms with Gasteiger partial charge < -0.3 is 0 Å². The highest BCUT2D eigenvalue weighted by Crippen LogP contribution is 2.24. The number of carbonyl (C=O) groups excluding carboxylic acids is 2. The van der Waals surface area contributed by atoms with E-state index in [0.717, 1.165) is 5.56 Å². The van der Waals surface area contributed by atoms with Crippen LogP contribution in [0.25, 0.3) is 0 Å². The maximum Gasteiger partial charge on any atom is 0.256 e. The maximum atomic E-state index is 11.8. The summed E-state index contributed by atoms with van der Waals surface area (Å²) in [6.07, 6.45) is 1.37. The normalized spacial score (nSPS) is 16.7. The Kier molecular flexibility index (Phi) is 5.34. The Labute approximate surface area is 136 Å². The van der Waals surface area contributed by atoms with Crippen molar-refractivity contribution >= 4 is 11.8 Å². The second-order valence-corrected chi connectivity index (χ2v) is 6.43. The molecule has 5 nitrogen and oxygen atoms in total. The van der Waals surface area contributed by atoms with Crippen molar-refractivity contribution in [1.29, 1.82) is 0 Å². The Morgan fingerprint density at radius 2 is 1.83 bits per heavy atom. The third kappa shape index (κ3) is 4.27. The van der Waals surface area contributed by atoms with Gasteiger partial charge in [0.2, 0.25) is 0 Å². The monoisotopic (exact) mass is 317 g/mol. The van der Waals surface area contributed by atoms with E-state index >= 15 is 0 Å². The highest BCUT2D eigenvalue weighted by Gasteiger charge is 2.29. The highest BCUT2D eigenvalue weighted by atomic mass is 17.2. The maximum absolute atomic E-state index is 11.8. The number of amides is 2. The lowest BCUT2D eigenvalue weighted by Crippen LogP contribution is -2.36. The lowest BCUT2D eigenvalue weighted by Gasteiger charge is -2.25. The number of carbonyl (C=O) groups is 2. The standard InChI is InChI=1S/C18H23NO4/c1-13(11-19-16(20)10-14(2)17(19)21)12-22-23-18(3,4)15-8-6-5-7-9-15/h5-10,13H,11-12H2,1-4H3. The highest BCUT2D eigenvalue weighted by molar-refractivity contribution is 6.15. The van der Waals surface area contributed by atoms with E-state index in [2.05, 4.69) is 0 Å². The number of rotatable bonds is 7. The molecule has 1 aliphatic heterocycles. The van der Waals surface area contributed by atoms with E-state index in [1.807, 2.05) is 51.1 Å². The van der Waals surface area contributed by atoms with Crippen LogP contribution in [0.3, 0.4) is 0 Å². The van der Waals surface area contributed by atoms with E-state index < -0.39 is 5.60 Å². The van der Waals surface area contributed by atoms with Gasteiger partial charge in [-0.1, -0.05) is 37.3 Å². The minimum absolute atomic E-state index is 0.0197. The fourth-order valence-corrected chi connectivity index (χ4v) is 2.36. The molecule has 0 spiro atoms. The zero-order valence-corrected chi connectivity index (χ0v) is 14.0. The first-order chi connectivity index (χ1) is 10.8. The molecule has 0 saturated carbocycles. The summed E-state index contributed by atoms with van der Waals surface area (Å²) in [5, 5.41) is 0. The zero-order chi connectivity index (χ0) is 17.0. The molecule has 1 heterocycles. The topological polar surface area (TPSA) is 55.8 Å². The summed E-state index contributed by atoms with van der Waals surface area (Å²) in [5.41, 5.74) is 0.917. The Bertz CT molecular complexity index is 607. The van der Waals surface area contributed by atoms with Crippen LogP contribution < -0.4 is 0 Å². The van der Waals surface area contributed by atoms with E-state index in [1.165, 1.54) is 11.0 Å². The summed E-state index contributed by atoms with van der Waals surface area (Å²) in [6, 6.07) is 9.79. The van der Waals surface area contributed by atoms with Gasteiger partial charge in [-0.2, -0.15) is 0 Å². The summed E-state index contributed by atoms with van der Waals surface area (Å²) in [7, 11) is 0. The molecule has 0 saturated heterocycles. The molecule has 0 fully saturated rings. The van der Waals surface area contributed by atoms with Gasteiger partial charge in [0.1, 0.15) is 5.60 Å². The molecule has 2 rings (SSSR count). The van der Waals surface area contributed by atoms with Crippen molar-refractivity contribution < 1.29 is 19.4 Å². The van der Waals surface area contributed by atoms with Crippen LogP contribution in [0, 0.1) is 5.92 Å². The predicted molar refractivity (Wildman–Crippen MR) is 86.1 cm³/mol. The first-order valence-corrected chi connectivity index (χ1v) is 7.71. The molecule has 1 aliphatic rings. The van der Waals surface area contributed by atoms with Crippen molar-refractivity contribution in [1.82, 2.24) is 4.90 Å². The Morgan fingerprint density at radius 1 is 1.17 bits per heavy atom. The van der Waals surface area contributed by atoms with Crippen LogP contribution in [0.4, 0.5) is 0 Å². The molecule has 1 aromatic carbocycles. The molecular weight excluding hydrogens is 294 g/mol. The fourth-order valence-electron chi connectivity index (χ4n) is 2.36. The summed E-state index contributed by atoms with van der Waals surface area (Å²) in [5.74, 6) is -0.508. The molecule has 0 radical (unpaired) electrons. The molecule has 0 aliphatic carbocycles. The summed E-state index contributed by atoms with van der Waals surface area (Å²) >= 11 is 0. The Balaban J connectivity index is 1.80. The van der Waals surface area contributed by atoms with Gasteiger partial charge in [-0.3, -0.25) is 14.5 Å². The third-order valence-electron chi connectivity index (χ3n) is 3.77. The largest absolute Gasteiger partial charge is 0.275 e. The molecule has 1 aromatic rings. The van der Waals surface area contributed by atoms with Gasteiger partial charge >= 0.3 is 0 Å². The van der Waals surface area contributed by atoms with E-state index in [1.54, 1.807) is 6.92 Å². The lowest BCUT2D eigenvalue weighted by atomic mass is 9.99. The molecule has 2 amide bonds. The average molecular weight is 317 g/mol. The summed E-state index contributed by atoms with van der Waals surface area (Å²) < 4.78 is 0. The van der Waals surface area contributed by atoms with Gasteiger partial charge in [0.15, 0.2) is 0 Å². The number of benzene rings is 1. The predicted octanol–water partition coefficient (Wildman–Crippen LogP) is 2.82. The van der Waals surface area contributed by atoms with Crippen molar-refractivity contribution in [2.24, 2.45) is 5.92 Å². The van der Waals surface area contributed by atoms with E-state index in [0.29, 0.717) is 18.7 Å². The van der Waals surface area contributed by atoms with Gasteiger partial charge in [-0.15, -0.1) is 0 Å². The lowest BCUT2D eigenvalue weighted by molar-refractivity contribution is -0.362. The van der Waals surface area contributed by atoms with Crippen molar-refractivity contribution in [3.63, 3.8) is 0 Å². The quantitative estimate of drug-likeness (QED) is 0.441.